The van der Waals surface area contributed by atoms with Crippen molar-refractivity contribution in [2.75, 3.05) is 6.26 Å². The summed E-state index contributed by atoms with van der Waals surface area (Å²) in [6.45, 7) is 2.03. The minimum absolute atomic E-state index is 0.00992. The summed E-state index contributed by atoms with van der Waals surface area (Å²) in [7, 11) is -1.34. The van der Waals surface area contributed by atoms with Gasteiger partial charge in [0, 0.05) is 18.0 Å². The van der Waals surface area contributed by atoms with Gasteiger partial charge in [-0.3, -0.25) is 14.3 Å². The standard InChI is InChI=1S/C9H14N2O3S/c1-3-4-5-7-6-10-9(15(2)14)8(7)11(12)13/h6,10H,3-5H2,1-2H3. The van der Waals surface area contributed by atoms with Gasteiger partial charge in [0.2, 0.25) is 0 Å². The van der Waals surface area contributed by atoms with Crippen molar-refractivity contribution in [2.24, 2.45) is 0 Å². The van der Waals surface area contributed by atoms with Crippen LogP contribution in [0.1, 0.15) is 25.3 Å². The molecule has 0 spiro atoms. The summed E-state index contributed by atoms with van der Waals surface area (Å²) in [6.07, 6.45) is 5.55. The van der Waals surface area contributed by atoms with Crippen LogP contribution < -0.4 is 0 Å². The summed E-state index contributed by atoms with van der Waals surface area (Å²) in [4.78, 5) is 13.1. The number of nitrogens with zero attached hydrogens (tertiary/aromatic N) is 1. The molecular formula is C9H14N2O3S. The number of H-pyrrole nitrogens is 1. The lowest BCUT2D eigenvalue weighted by Gasteiger charge is -1.96. The van der Waals surface area contributed by atoms with Gasteiger partial charge in [0.25, 0.3) is 0 Å². The van der Waals surface area contributed by atoms with Gasteiger partial charge in [-0.2, -0.15) is 0 Å². The van der Waals surface area contributed by atoms with Crippen LogP contribution >= 0.6 is 0 Å². The fourth-order valence-electron chi connectivity index (χ4n) is 1.41. The van der Waals surface area contributed by atoms with Gasteiger partial charge in [-0.1, -0.05) is 13.3 Å². The highest BCUT2D eigenvalue weighted by Gasteiger charge is 2.23. The Kier molecular flexibility index (Phi) is 4.02. The van der Waals surface area contributed by atoms with Crippen molar-refractivity contribution in [2.45, 2.75) is 31.2 Å². The van der Waals surface area contributed by atoms with Crippen molar-refractivity contribution >= 4 is 16.5 Å². The van der Waals surface area contributed by atoms with E-state index < -0.39 is 15.7 Å². The number of nitrogens with one attached hydrogen (secondary N) is 1. The lowest BCUT2D eigenvalue weighted by Crippen LogP contribution is -1.97. The van der Waals surface area contributed by atoms with Gasteiger partial charge in [0.1, 0.15) is 0 Å². The van der Waals surface area contributed by atoms with Crippen LogP contribution in [0.4, 0.5) is 5.69 Å². The number of rotatable bonds is 5. The van der Waals surface area contributed by atoms with Gasteiger partial charge in [0.05, 0.1) is 15.7 Å². The third kappa shape index (κ3) is 2.65. The fourth-order valence-corrected chi connectivity index (χ4v) is 2.12. The molecule has 1 aromatic rings. The van der Waals surface area contributed by atoms with E-state index in [0.29, 0.717) is 12.0 Å². The second-order valence-corrected chi connectivity index (χ2v) is 4.62. The Labute approximate surface area is 90.5 Å². The van der Waals surface area contributed by atoms with E-state index >= 15 is 0 Å². The summed E-state index contributed by atoms with van der Waals surface area (Å²) in [6, 6.07) is 0. The van der Waals surface area contributed by atoms with E-state index in [9.17, 15) is 14.3 Å². The van der Waals surface area contributed by atoms with Gasteiger partial charge < -0.3 is 4.98 Å². The van der Waals surface area contributed by atoms with Crippen molar-refractivity contribution in [1.29, 1.82) is 0 Å². The molecule has 1 unspecified atom stereocenters. The lowest BCUT2D eigenvalue weighted by molar-refractivity contribution is -0.388. The van der Waals surface area contributed by atoms with E-state index in [4.69, 9.17) is 0 Å². The first-order chi connectivity index (χ1) is 7.07. The zero-order valence-electron chi connectivity index (χ0n) is 8.78. The maximum absolute atomic E-state index is 11.2. The summed E-state index contributed by atoms with van der Waals surface area (Å²) < 4.78 is 11.2. The highest BCUT2D eigenvalue weighted by atomic mass is 32.2. The number of aryl methyl sites for hydroxylation is 1. The molecule has 0 radical (unpaired) electrons. The summed E-state index contributed by atoms with van der Waals surface area (Å²) in [5.74, 6) is 0. The van der Waals surface area contributed by atoms with Crippen LogP contribution in [0.15, 0.2) is 11.2 Å². The minimum atomic E-state index is -1.34. The number of hydrogen-bond donors (Lipinski definition) is 1. The van der Waals surface area contributed by atoms with E-state index in [1.165, 1.54) is 6.26 Å². The minimum Gasteiger partial charge on any atom is -0.348 e. The maximum atomic E-state index is 11.2. The Hall–Kier alpha value is -1.17. The monoisotopic (exact) mass is 230 g/mol. The van der Waals surface area contributed by atoms with E-state index in [1.54, 1.807) is 6.20 Å². The quantitative estimate of drug-likeness (QED) is 0.621. The highest BCUT2D eigenvalue weighted by Crippen LogP contribution is 2.26. The van der Waals surface area contributed by atoms with Crippen LogP contribution in [-0.4, -0.2) is 20.4 Å². The summed E-state index contributed by atoms with van der Waals surface area (Å²) in [5, 5.41) is 11.0. The topological polar surface area (TPSA) is 76.0 Å². The van der Waals surface area contributed by atoms with E-state index in [2.05, 4.69) is 4.98 Å². The fraction of sp³-hybridized carbons (Fsp3) is 0.556. The first kappa shape index (κ1) is 11.9. The number of hydrogen-bond acceptors (Lipinski definition) is 3. The number of unbranched alkanes of at least 4 members (excludes halogenated alkanes) is 1. The molecule has 1 rings (SSSR count). The van der Waals surface area contributed by atoms with E-state index in [-0.39, 0.29) is 10.7 Å². The molecular weight excluding hydrogens is 216 g/mol. The van der Waals surface area contributed by atoms with Crippen molar-refractivity contribution in [1.82, 2.24) is 4.98 Å². The van der Waals surface area contributed by atoms with Gasteiger partial charge in [-0.25, -0.2) is 0 Å². The summed E-state index contributed by atoms with van der Waals surface area (Å²) in [5.41, 5.74) is 0.635. The smallest absolute Gasteiger partial charge is 0.306 e. The Balaban J connectivity index is 3.06. The number of aromatic nitrogens is 1. The number of aromatic amines is 1. The highest BCUT2D eigenvalue weighted by molar-refractivity contribution is 7.84. The molecule has 84 valence electrons. The molecule has 0 aliphatic rings. The van der Waals surface area contributed by atoms with Crippen LogP contribution in [0.2, 0.25) is 0 Å². The molecule has 0 aliphatic carbocycles. The molecule has 1 aromatic heterocycles. The normalized spacial score (nSPS) is 12.7. The molecule has 1 atom stereocenters. The zero-order valence-corrected chi connectivity index (χ0v) is 9.60. The molecule has 6 heteroatoms. The second-order valence-electron chi connectivity index (χ2n) is 3.31. The van der Waals surface area contributed by atoms with Crippen molar-refractivity contribution in [3.63, 3.8) is 0 Å². The molecule has 0 amide bonds. The Morgan fingerprint density at radius 3 is 2.73 bits per heavy atom. The van der Waals surface area contributed by atoms with E-state index in [1.807, 2.05) is 6.92 Å². The third-order valence-electron chi connectivity index (χ3n) is 2.17. The van der Waals surface area contributed by atoms with Gasteiger partial charge >= 0.3 is 5.69 Å². The van der Waals surface area contributed by atoms with Crippen LogP contribution in [0.3, 0.4) is 0 Å². The van der Waals surface area contributed by atoms with Crippen molar-refractivity contribution in [3.8, 4) is 0 Å². The van der Waals surface area contributed by atoms with E-state index in [0.717, 1.165) is 12.8 Å². The molecule has 1 heterocycles. The van der Waals surface area contributed by atoms with Gasteiger partial charge in [-0.15, -0.1) is 0 Å². The molecule has 15 heavy (non-hydrogen) atoms. The molecule has 5 nitrogen and oxygen atoms in total. The molecule has 0 aliphatic heterocycles. The Bertz CT molecular complexity index is 387. The second kappa shape index (κ2) is 5.06. The molecule has 0 aromatic carbocycles. The SMILES string of the molecule is CCCCc1c[nH]c(S(C)=O)c1[N+](=O)[O-]. The number of nitro groups is 1. The van der Waals surface area contributed by atoms with Crippen LogP contribution in [-0.2, 0) is 17.2 Å². The summed E-state index contributed by atoms with van der Waals surface area (Å²) >= 11 is 0. The molecule has 0 fully saturated rings. The Morgan fingerprint density at radius 1 is 1.60 bits per heavy atom. The van der Waals surface area contributed by atoms with Crippen LogP contribution in [0.25, 0.3) is 0 Å². The molecule has 1 N–H and O–H groups in total. The first-order valence-corrected chi connectivity index (χ1v) is 6.31. The van der Waals surface area contributed by atoms with Crippen molar-refractivity contribution in [3.05, 3.63) is 21.9 Å². The lowest BCUT2D eigenvalue weighted by atomic mass is 10.1. The molecule has 0 saturated carbocycles. The Morgan fingerprint density at radius 2 is 2.27 bits per heavy atom. The maximum Gasteiger partial charge on any atom is 0.306 e. The van der Waals surface area contributed by atoms with Crippen LogP contribution in [0, 0.1) is 10.1 Å². The zero-order chi connectivity index (χ0) is 11.4. The average molecular weight is 230 g/mol. The van der Waals surface area contributed by atoms with Crippen molar-refractivity contribution < 1.29 is 9.13 Å². The van der Waals surface area contributed by atoms with Crippen LogP contribution in [0.5, 0.6) is 0 Å². The average Bonchev–Trinajstić information content (AvgIpc) is 2.58. The predicted molar refractivity (Wildman–Crippen MR) is 58.4 cm³/mol. The third-order valence-corrected chi connectivity index (χ3v) is 3.05. The first-order valence-electron chi connectivity index (χ1n) is 4.76. The molecule has 0 saturated heterocycles. The largest absolute Gasteiger partial charge is 0.348 e. The molecule has 0 bridgehead atoms. The van der Waals surface area contributed by atoms with Gasteiger partial charge in [0.15, 0.2) is 5.03 Å². The predicted octanol–water partition coefficient (Wildman–Crippen LogP) is 2.00. The van der Waals surface area contributed by atoms with Gasteiger partial charge in [-0.05, 0) is 12.8 Å².